The van der Waals surface area contributed by atoms with Crippen molar-refractivity contribution in [2.24, 2.45) is 0 Å². The molecule has 0 radical (unpaired) electrons. The minimum atomic E-state index is 0.223. The van der Waals surface area contributed by atoms with Crippen molar-refractivity contribution in [2.45, 2.75) is 12.3 Å². The Hall–Kier alpha value is -2.54. The van der Waals surface area contributed by atoms with Gasteiger partial charge in [-0.25, -0.2) is 0 Å². The molecule has 21 heavy (non-hydrogen) atoms. The molecule has 3 aromatic rings. The molecule has 3 aromatic heterocycles. The topological polar surface area (TPSA) is 89.7 Å². The predicted molar refractivity (Wildman–Crippen MR) is 73.3 cm³/mol. The Morgan fingerprint density at radius 1 is 1.24 bits per heavy atom. The van der Waals surface area contributed by atoms with Crippen LogP contribution in [0.25, 0.3) is 23.0 Å². The maximum atomic E-state index is 5.34. The van der Waals surface area contributed by atoms with Gasteiger partial charge in [0.05, 0.1) is 12.3 Å². The summed E-state index contributed by atoms with van der Waals surface area (Å²) in [6.45, 7) is 1.41. The lowest BCUT2D eigenvalue weighted by Crippen LogP contribution is -1.99. The highest BCUT2D eigenvalue weighted by molar-refractivity contribution is 5.60. The monoisotopic (exact) mass is 283 g/mol. The van der Waals surface area contributed by atoms with E-state index in [1.807, 2.05) is 24.3 Å². The highest BCUT2D eigenvalue weighted by Crippen LogP contribution is 2.26. The zero-order chi connectivity index (χ0) is 14.1. The number of rotatable bonds is 3. The normalized spacial score (nSPS) is 18.2. The average molecular weight is 283 g/mol. The molecule has 4 heterocycles. The first-order valence-electron chi connectivity index (χ1n) is 6.79. The molecule has 106 valence electrons. The molecule has 1 aliphatic heterocycles. The van der Waals surface area contributed by atoms with Gasteiger partial charge in [0.15, 0.2) is 5.82 Å². The van der Waals surface area contributed by atoms with Gasteiger partial charge in [0.25, 0.3) is 5.89 Å². The number of nitrogens with zero attached hydrogens (tertiary/aromatic N) is 4. The predicted octanol–water partition coefficient (Wildman–Crippen LogP) is 2.03. The van der Waals surface area contributed by atoms with Gasteiger partial charge >= 0.3 is 0 Å². The highest BCUT2D eigenvalue weighted by atomic mass is 16.5. The summed E-state index contributed by atoms with van der Waals surface area (Å²) >= 11 is 0. The van der Waals surface area contributed by atoms with Gasteiger partial charge in [0.2, 0.25) is 0 Å². The molecule has 1 N–H and O–H groups in total. The van der Waals surface area contributed by atoms with Gasteiger partial charge < -0.3 is 9.26 Å². The van der Waals surface area contributed by atoms with E-state index in [2.05, 4.69) is 25.3 Å². The Kier molecular flexibility index (Phi) is 2.97. The lowest BCUT2D eigenvalue weighted by Gasteiger charge is -1.97. The number of H-pyrrole nitrogens is 1. The Labute approximate surface area is 120 Å². The van der Waals surface area contributed by atoms with Crippen molar-refractivity contribution >= 4 is 0 Å². The maximum absolute atomic E-state index is 5.34. The van der Waals surface area contributed by atoms with Gasteiger partial charge in [0, 0.05) is 18.7 Å². The van der Waals surface area contributed by atoms with Crippen LogP contribution in [0.4, 0.5) is 0 Å². The summed E-state index contributed by atoms with van der Waals surface area (Å²) in [5.41, 5.74) is 2.23. The summed E-state index contributed by atoms with van der Waals surface area (Å²) in [4.78, 5) is 8.68. The summed E-state index contributed by atoms with van der Waals surface area (Å²) in [5, 5.41) is 11.2. The van der Waals surface area contributed by atoms with Gasteiger partial charge in [0.1, 0.15) is 11.4 Å². The molecule has 1 fully saturated rings. The third-order valence-electron chi connectivity index (χ3n) is 3.47. The molecule has 1 unspecified atom stereocenters. The maximum Gasteiger partial charge on any atom is 0.275 e. The number of ether oxygens (including phenoxy) is 1. The van der Waals surface area contributed by atoms with E-state index in [1.165, 1.54) is 0 Å². The molecule has 0 aliphatic carbocycles. The molecular formula is C14H13N5O2. The fraction of sp³-hybridized carbons (Fsp3) is 0.286. The van der Waals surface area contributed by atoms with E-state index in [9.17, 15) is 0 Å². The van der Waals surface area contributed by atoms with E-state index >= 15 is 0 Å². The molecule has 0 bridgehead atoms. The Bertz CT molecular complexity index is 731. The zero-order valence-corrected chi connectivity index (χ0v) is 11.2. The van der Waals surface area contributed by atoms with Gasteiger partial charge in [-0.15, -0.1) is 0 Å². The molecular weight excluding hydrogens is 270 g/mol. The third kappa shape index (κ3) is 2.31. The zero-order valence-electron chi connectivity index (χ0n) is 11.2. The van der Waals surface area contributed by atoms with Crippen molar-refractivity contribution in [1.29, 1.82) is 0 Å². The lowest BCUT2D eigenvalue weighted by molar-refractivity contribution is 0.192. The van der Waals surface area contributed by atoms with Crippen molar-refractivity contribution in [3.05, 3.63) is 36.3 Å². The van der Waals surface area contributed by atoms with Gasteiger partial charge in [-0.2, -0.15) is 10.1 Å². The van der Waals surface area contributed by atoms with Crippen molar-refractivity contribution in [3.8, 4) is 23.0 Å². The summed E-state index contributed by atoms with van der Waals surface area (Å²) in [5.74, 6) is 1.35. The van der Waals surface area contributed by atoms with Crippen LogP contribution in [0.3, 0.4) is 0 Å². The lowest BCUT2D eigenvalue weighted by atomic mass is 10.1. The number of hydrogen-bond donors (Lipinski definition) is 1. The van der Waals surface area contributed by atoms with E-state index in [0.717, 1.165) is 24.4 Å². The molecule has 7 heteroatoms. The van der Waals surface area contributed by atoms with E-state index in [-0.39, 0.29) is 5.92 Å². The van der Waals surface area contributed by atoms with Crippen LogP contribution in [0.5, 0.6) is 0 Å². The van der Waals surface area contributed by atoms with Gasteiger partial charge in [-0.3, -0.25) is 10.1 Å². The second kappa shape index (κ2) is 5.10. The first kappa shape index (κ1) is 12.2. The minimum Gasteiger partial charge on any atom is -0.381 e. The molecule has 0 saturated carbocycles. The van der Waals surface area contributed by atoms with Crippen molar-refractivity contribution in [2.75, 3.05) is 13.2 Å². The van der Waals surface area contributed by atoms with Gasteiger partial charge in [-0.1, -0.05) is 11.2 Å². The van der Waals surface area contributed by atoms with Crippen molar-refractivity contribution < 1.29 is 9.26 Å². The van der Waals surface area contributed by atoms with Crippen LogP contribution in [0.2, 0.25) is 0 Å². The minimum absolute atomic E-state index is 0.223. The van der Waals surface area contributed by atoms with E-state index in [1.54, 1.807) is 6.20 Å². The van der Waals surface area contributed by atoms with E-state index in [0.29, 0.717) is 24.0 Å². The van der Waals surface area contributed by atoms with Crippen LogP contribution in [0, 0.1) is 0 Å². The van der Waals surface area contributed by atoms with Crippen LogP contribution in [-0.2, 0) is 4.74 Å². The first-order chi connectivity index (χ1) is 10.4. The Balaban J connectivity index is 1.61. The number of aromatic nitrogens is 5. The second-order valence-electron chi connectivity index (χ2n) is 4.90. The summed E-state index contributed by atoms with van der Waals surface area (Å²) in [6, 6.07) is 7.53. The smallest absolute Gasteiger partial charge is 0.275 e. The third-order valence-corrected chi connectivity index (χ3v) is 3.47. The van der Waals surface area contributed by atoms with Crippen LogP contribution in [0.1, 0.15) is 18.2 Å². The number of hydrogen-bond acceptors (Lipinski definition) is 6. The van der Waals surface area contributed by atoms with Crippen LogP contribution in [-0.4, -0.2) is 38.5 Å². The molecule has 1 aliphatic rings. The quantitative estimate of drug-likeness (QED) is 0.791. The van der Waals surface area contributed by atoms with Crippen molar-refractivity contribution in [3.63, 3.8) is 0 Å². The standard InChI is InChI=1S/C14H13N5O2/c1-2-5-15-10(3-1)11-7-12(18-17-11)14-16-13(19-21-14)9-4-6-20-8-9/h1-3,5,7,9H,4,6,8H2,(H,17,18). The fourth-order valence-electron chi connectivity index (χ4n) is 2.33. The molecule has 4 rings (SSSR count). The molecule has 0 aromatic carbocycles. The SMILES string of the molecule is c1ccc(-c2cc(-c3nc(C4CCOC4)no3)[nH]n2)nc1. The summed E-state index contributed by atoms with van der Waals surface area (Å²) < 4.78 is 10.6. The molecule has 1 atom stereocenters. The number of pyridine rings is 1. The average Bonchev–Trinajstić information content (AvgIpc) is 3.27. The molecule has 0 amide bonds. The second-order valence-corrected chi connectivity index (χ2v) is 4.90. The van der Waals surface area contributed by atoms with E-state index < -0.39 is 0 Å². The summed E-state index contributed by atoms with van der Waals surface area (Å²) in [7, 11) is 0. The van der Waals surface area contributed by atoms with Crippen LogP contribution in [0.15, 0.2) is 35.0 Å². The number of aromatic amines is 1. The molecule has 1 saturated heterocycles. The van der Waals surface area contributed by atoms with Crippen LogP contribution < -0.4 is 0 Å². The number of nitrogens with one attached hydrogen (secondary N) is 1. The van der Waals surface area contributed by atoms with Gasteiger partial charge in [-0.05, 0) is 24.6 Å². The Morgan fingerprint density at radius 2 is 2.24 bits per heavy atom. The summed E-state index contributed by atoms with van der Waals surface area (Å²) in [6.07, 6.45) is 2.66. The van der Waals surface area contributed by atoms with E-state index in [4.69, 9.17) is 9.26 Å². The van der Waals surface area contributed by atoms with Crippen LogP contribution >= 0.6 is 0 Å². The first-order valence-corrected chi connectivity index (χ1v) is 6.79. The molecule has 7 nitrogen and oxygen atoms in total. The molecule has 0 spiro atoms. The van der Waals surface area contributed by atoms with Crippen molar-refractivity contribution in [1.82, 2.24) is 25.3 Å². The highest BCUT2D eigenvalue weighted by Gasteiger charge is 2.24. The fourth-order valence-corrected chi connectivity index (χ4v) is 2.33. The largest absolute Gasteiger partial charge is 0.381 e. The Morgan fingerprint density at radius 3 is 3.05 bits per heavy atom.